The van der Waals surface area contributed by atoms with Gasteiger partial charge >= 0.3 is 0 Å². The van der Waals surface area contributed by atoms with E-state index in [2.05, 4.69) is 0 Å². The molecule has 0 saturated carbocycles. The van der Waals surface area contributed by atoms with Gasteiger partial charge in [0, 0.05) is 5.56 Å². The molecule has 1 atom stereocenters. The molecule has 120 valence electrons. The van der Waals surface area contributed by atoms with E-state index < -0.39 is 5.92 Å². The third-order valence-electron chi connectivity index (χ3n) is 4.55. The fraction of sp³-hybridized carbons (Fsp3) is 0.0435. The number of carbonyl (C=O) groups excluding carboxylic acids is 1. The van der Waals surface area contributed by atoms with Crippen LogP contribution in [0.25, 0.3) is 11.6 Å². The number of benzene rings is 2. The van der Waals surface area contributed by atoms with Crippen LogP contribution in [0.4, 0.5) is 0 Å². The van der Waals surface area contributed by atoms with Crippen LogP contribution in [0.2, 0.25) is 0 Å². The number of allylic oxidation sites excluding steroid dienone is 1. The molecule has 0 aliphatic heterocycles. The number of hydrogen-bond acceptors (Lipinski definition) is 2. The SMILES string of the molecule is O=C(c1ccccc1)C1C(c2ccccc2)=Cc2ccc(=O)ccc21. The van der Waals surface area contributed by atoms with E-state index >= 15 is 0 Å². The maximum atomic E-state index is 13.3. The summed E-state index contributed by atoms with van der Waals surface area (Å²) in [7, 11) is 0. The Balaban J connectivity index is 1.90. The van der Waals surface area contributed by atoms with Crippen molar-refractivity contribution in [2.24, 2.45) is 0 Å². The van der Waals surface area contributed by atoms with E-state index in [0.29, 0.717) is 5.56 Å². The van der Waals surface area contributed by atoms with E-state index in [0.717, 1.165) is 22.3 Å². The summed E-state index contributed by atoms with van der Waals surface area (Å²) in [5.74, 6) is -0.347. The van der Waals surface area contributed by atoms with Crippen molar-refractivity contribution in [2.45, 2.75) is 5.92 Å². The molecule has 3 aromatic rings. The van der Waals surface area contributed by atoms with Crippen LogP contribution < -0.4 is 5.43 Å². The number of rotatable bonds is 3. The summed E-state index contributed by atoms with van der Waals surface area (Å²) >= 11 is 0. The van der Waals surface area contributed by atoms with E-state index in [9.17, 15) is 9.59 Å². The van der Waals surface area contributed by atoms with Gasteiger partial charge in [-0.15, -0.1) is 0 Å². The molecule has 0 saturated heterocycles. The van der Waals surface area contributed by atoms with Crippen molar-refractivity contribution >= 4 is 17.4 Å². The Morgan fingerprint density at radius 1 is 0.720 bits per heavy atom. The molecular formula is C23H16O2. The van der Waals surface area contributed by atoms with Gasteiger partial charge in [-0.2, -0.15) is 0 Å². The molecule has 0 amide bonds. The largest absolute Gasteiger partial charge is 0.293 e. The van der Waals surface area contributed by atoms with Gasteiger partial charge in [0.15, 0.2) is 11.2 Å². The molecule has 0 N–H and O–H groups in total. The molecule has 1 aliphatic rings. The normalized spacial score (nSPS) is 15.4. The molecule has 0 spiro atoms. The molecule has 1 aliphatic carbocycles. The van der Waals surface area contributed by atoms with Crippen molar-refractivity contribution in [3.8, 4) is 0 Å². The predicted molar refractivity (Wildman–Crippen MR) is 101 cm³/mol. The minimum Gasteiger partial charge on any atom is -0.293 e. The van der Waals surface area contributed by atoms with Crippen molar-refractivity contribution < 1.29 is 4.79 Å². The minimum atomic E-state index is -0.397. The third kappa shape index (κ3) is 2.83. The average Bonchev–Trinajstić information content (AvgIpc) is 2.94. The zero-order chi connectivity index (χ0) is 17.2. The van der Waals surface area contributed by atoms with Gasteiger partial charge in [-0.05, 0) is 40.5 Å². The van der Waals surface area contributed by atoms with Crippen molar-refractivity contribution in [3.05, 3.63) is 117 Å². The average molecular weight is 324 g/mol. The standard InChI is InChI=1S/C23H16O2/c24-19-12-11-18-15-21(16-7-3-1-4-8-16)22(20(18)14-13-19)23(25)17-9-5-2-6-10-17/h1-15,22H. The number of carbonyl (C=O) groups is 1. The smallest absolute Gasteiger partial charge is 0.178 e. The van der Waals surface area contributed by atoms with Crippen molar-refractivity contribution in [1.82, 2.24) is 0 Å². The summed E-state index contributed by atoms with van der Waals surface area (Å²) in [6, 6.07) is 25.9. The molecule has 0 heterocycles. The number of hydrogen-bond donors (Lipinski definition) is 0. The Hall–Kier alpha value is -3.26. The first-order valence-corrected chi connectivity index (χ1v) is 8.24. The zero-order valence-electron chi connectivity index (χ0n) is 13.6. The van der Waals surface area contributed by atoms with Crippen molar-refractivity contribution in [1.29, 1.82) is 0 Å². The Kier molecular flexibility index (Phi) is 3.87. The topological polar surface area (TPSA) is 34.1 Å². The van der Waals surface area contributed by atoms with Crippen LogP contribution >= 0.6 is 0 Å². The first kappa shape index (κ1) is 15.3. The van der Waals surface area contributed by atoms with E-state index in [1.807, 2.05) is 66.7 Å². The van der Waals surface area contributed by atoms with Gasteiger partial charge < -0.3 is 0 Å². The molecule has 1 unspecified atom stereocenters. The molecule has 2 heteroatoms. The highest BCUT2D eigenvalue weighted by atomic mass is 16.1. The second kappa shape index (κ2) is 6.33. The van der Waals surface area contributed by atoms with E-state index in [4.69, 9.17) is 0 Å². The van der Waals surface area contributed by atoms with Gasteiger partial charge in [0.05, 0.1) is 5.92 Å². The van der Waals surface area contributed by atoms with Gasteiger partial charge in [-0.1, -0.05) is 72.8 Å². The summed E-state index contributed by atoms with van der Waals surface area (Å²) in [4.78, 5) is 25.0. The summed E-state index contributed by atoms with van der Waals surface area (Å²) in [6.45, 7) is 0. The van der Waals surface area contributed by atoms with Gasteiger partial charge in [0.1, 0.15) is 0 Å². The van der Waals surface area contributed by atoms with Crippen LogP contribution in [-0.4, -0.2) is 5.78 Å². The minimum absolute atomic E-state index is 0.0492. The van der Waals surface area contributed by atoms with E-state index in [1.165, 1.54) is 6.07 Å². The lowest BCUT2D eigenvalue weighted by atomic mass is 9.85. The fourth-order valence-corrected chi connectivity index (χ4v) is 3.34. The van der Waals surface area contributed by atoms with Crippen LogP contribution in [0.1, 0.15) is 33.0 Å². The predicted octanol–water partition coefficient (Wildman–Crippen LogP) is 4.57. The number of fused-ring (bicyclic) bond motifs is 1. The van der Waals surface area contributed by atoms with Crippen LogP contribution in [0.3, 0.4) is 0 Å². The third-order valence-corrected chi connectivity index (χ3v) is 4.55. The summed E-state index contributed by atoms with van der Waals surface area (Å²) in [5.41, 5.74) is 4.43. The molecule has 0 fully saturated rings. The highest BCUT2D eigenvalue weighted by Gasteiger charge is 2.32. The van der Waals surface area contributed by atoms with Gasteiger partial charge in [0.25, 0.3) is 0 Å². The zero-order valence-corrected chi connectivity index (χ0v) is 13.6. The number of Topliss-reactive ketones (excluding diaryl/α,β-unsaturated/α-hetero) is 1. The molecule has 0 bridgehead atoms. The maximum Gasteiger partial charge on any atom is 0.178 e. The molecule has 3 aromatic carbocycles. The van der Waals surface area contributed by atoms with Crippen LogP contribution in [-0.2, 0) is 0 Å². The second-order valence-electron chi connectivity index (χ2n) is 6.11. The summed E-state index contributed by atoms with van der Waals surface area (Å²) in [6.07, 6.45) is 2.02. The van der Waals surface area contributed by atoms with Gasteiger partial charge in [-0.25, -0.2) is 0 Å². The number of ketones is 1. The quantitative estimate of drug-likeness (QED) is 0.662. The highest BCUT2D eigenvalue weighted by Crippen LogP contribution is 2.43. The Bertz CT molecular complexity index is 1020. The molecule has 2 nitrogen and oxygen atoms in total. The first-order valence-electron chi connectivity index (χ1n) is 8.24. The maximum absolute atomic E-state index is 13.3. The van der Waals surface area contributed by atoms with Crippen LogP contribution in [0, 0.1) is 0 Å². The highest BCUT2D eigenvalue weighted by molar-refractivity contribution is 6.13. The molecule has 0 aromatic heterocycles. The Morgan fingerprint density at radius 3 is 2.08 bits per heavy atom. The van der Waals surface area contributed by atoms with Gasteiger partial charge in [0.2, 0.25) is 0 Å². The molecule has 25 heavy (non-hydrogen) atoms. The molecular weight excluding hydrogens is 308 g/mol. The van der Waals surface area contributed by atoms with Crippen molar-refractivity contribution in [3.63, 3.8) is 0 Å². The van der Waals surface area contributed by atoms with E-state index in [1.54, 1.807) is 18.2 Å². The van der Waals surface area contributed by atoms with Crippen LogP contribution in [0.15, 0.2) is 89.7 Å². The lowest BCUT2D eigenvalue weighted by molar-refractivity contribution is 0.0980. The lowest BCUT2D eigenvalue weighted by Crippen LogP contribution is -2.12. The summed E-state index contributed by atoms with van der Waals surface area (Å²) in [5, 5.41) is 0. The summed E-state index contributed by atoms with van der Waals surface area (Å²) < 4.78 is 0. The van der Waals surface area contributed by atoms with Gasteiger partial charge in [-0.3, -0.25) is 9.59 Å². The monoisotopic (exact) mass is 324 g/mol. The second-order valence-corrected chi connectivity index (χ2v) is 6.11. The van der Waals surface area contributed by atoms with Crippen molar-refractivity contribution in [2.75, 3.05) is 0 Å². The van der Waals surface area contributed by atoms with E-state index in [-0.39, 0.29) is 11.2 Å². The molecule has 0 radical (unpaired) electrons. The fourth-order valence-electron chi connectivity index (χ4n) is 3.34. The molecule has 4 rings (SSSR count). The lowest BCUT2D eigenvalue weighted by Gasteiger charge is -2.16. The first-order chi connectivity index (χ1) is 12.2. The van der Waals surface area contributed by atoms with Crippen LogP contribution in [0.5, 0.6) is 0 Å². The Morgan fingerprint density at radius 2 is 1.36 bits per heavy atom. The Labute approximate surface area is 146 Å².